The van der Waals surface area contributed by atoms with E-state index in [4.69, 9.17) is 4.74 Å². The Labute approximate surface area is 128 Å². The zero-order valence-corrected chi connectivity index (χ0v) is 13.2. The van der Waals surface area contributed by atoms with Gasteiger partial charge in [0.15, 0.2) is 0 Å². The Morgan fingerprint density at radius 3 is 2.53 bits per heavy atom. The summed E-state index contributed by atoms with van der Waals surface area (Å²) in [7, 11) is 1.72. The normalized spacial score (nSPS) is 10.4. The largest absolute Gasteiger partial charge is 0.496 e. The van der Waals surface area contributed by atoms with Crippen LogP contribution in [0.2, 0.25) is 0 Å². The summed E-state index contributed by atoms with van der Waals surface area (Å²) in [6, 6.07) is 16.8. The van der Waals surface area contributed by atoms with Gasteiger partial charge in [-0.15, -0.1) is 0 Å². The van der Waals surface area contributed by atoms with E-state index in [1.54, 1.807) is 7.11 Å². The smallest absolute Gasteiger partial charge is 0.122 e. The van der Waals surface area contributed by atoms with Gasteiger partial charge in [0.05, 0.1) is 7.11 Å². The molecule has 0 saturated carbocycles. The van der Waals surface area contributed by atoms with Gasteiger partial charge in [0.2, 0.25) is 0 Å². The maximum atomic E-state index is 5.35. The van der Waals surface area contributed by atoms with Crippen molar-refractivity contribution in [2.75, 3.05) is 13.7 Å². The molecular formula is C16H18INO. The van der Waals surface area contributed by atoms with Crippen molar-refractivity contribution in [3.63, 3.8) is 0 Å². The molecule has 0 amide bonds. The van der Waals surface area contributed by atoms with Crippen LogP contribution < -0.4 is 10.1 Å². The Bertz CT molecular complexity index is 510. The summed E-state index contributed by atoms with van der Waals surface area (Å²) in [4.78, 5) is 0. The van der Waals surface area contributed by atoms with Crippen molar-refractivity contribution in [3.8, 4) is 5.75 Å². The number of para-hydroxylation sites is 1. The summed E-state index contributed by atoms with van der Waals surface area (Å²) in [5.41, 5.74) is 2.57. The lowest BCUT2D eigenvalue weighted by Gasteiger charge is -2.09. The lowest BCUT2D eigenvalue weighted by Crippen LogP contribution is -2.16. The highest BCUT2D eigenvalue weighted by atomic mass is 127. The fourth-order valence-electron chi connectivity index (χ4n) is 1.97. The van der Waals surface area contributed by atoms with E-state index < -0.39 is 0 Å². The Morgan fingerprint density at radius 1 is 1.05 bits per heavy atom. The quantitative estimate of drug-likeness (QED) is 0.622. The molecule has 0 unspecified atom stereocenters. The molecule has 0 aliphatic rings. The number of hydrogen-bond acceptors (Lipinski definition) is 2. The van der Waals surface area contributed by atoms with Crippen LogP contribution in [0.25, 0.3) is 0 Å². The van der Waals surface area contributed by atoms with Crippen molar-refractivity contribution in [1.82, 2.24) is 5.32 Å². The fourth-order valence-corrected chi connectivity index (χ4v) is 2.33. The third-order valence-electron chi connectivity index (χ3n) is 3.01. The Kier molecular flexibility index (Phi) is 5.66. The second kappa shape index (κ2) is 7.50. The minimum atomic E-state index is 0.909. The van der Waals surface area contributed by atoms with Gasteiger partial charge in [0.25, 0.3) is 0 Å². The van der Waals surface area contributed by atoms with Gasteiger partial charge < -0.3 is 10.1 Å². The van der Waals surface area contributed by atoms with Crippen LogP contribution in [-0.4, -0.2) is 13.7 Å². The molecule has 0 aliphatic heterocycles. The zero-order chi connectivity index (χ0) is 13.5. The van der Waals surface area contributed by atoms with Crippen molar-refractivity contribution >= 4 is 22.6 Å². The summed E-state index contributed by atoms with van der Waals surface area (Å²) >= 11 is 2.32. The minimum Gasteiger partial charge on any atom is -0.496 e. The topological polar surface area (TPSA) is 21.3 Å². The van der Waals surface area contributed by atoms with E-state index in [0.717, 1.165) is 25.3 Å². The highest BCUT2D eigenvalue weighted by Crippen LogP contribution is 2.17. The molecule has 0 aliphatic carbocycles. The lowest BCUT2D eigenvalue weighted by atomic mass is 10.1. The van der Waals surface area contributed by atoms with Crippen LogP contribution in [0.15, 0.2) is 48.5 Å². The van der Waals surface area contributed by atoms with E-state index in [-0.39, 0.29) is 0 Å². The molecule has 0 bridgehead atoms. The van der Waals surface area contributed by atoms with Gasteiger partial charge in [0, 0.05) is 10.1 Å². The molecule has 0 radical (unpaired) electrons. The summed E-state index contributed by atoms with van der Waals surface area (Å²) in [5, 5.41) is 3.46. The second-order valence-corrected chi connectivity index (χ2v) is 5.61. The van der Waals surface area contributed by atoms with Crippen molar-refractivity contribution in [2.24, 2.45) is 0 Å². The average Bonchev–Trinajstić information content (AvgIpc) is 2.46. The van der Waals surface area contributed by atoms with Crippen molar-refractivity contribution < 1.29 is 4.74 Å². The average molecular weight is 367 g/mol. The maximum Gasteiger partial charge on any atom is 0.122 e. The lowest BCUT2D eigenvalue weighted by molar-refractivity contribution is 0.409. The Hall–Kier alpha value is -1.07. The number of methoxy groups -OCH3 is 1. The van der Waals surface area contributed by atoms with Gasteiger partial charge in [-0.2, -0.15) is 0 Å². The summed E-state index contributed by atoms with van der Waals surface area (Å²) in [6.07, 6.45) is 0.981. The first kappa shape index (κ1) is 14.3. The highest BCUT2D eigenvalue weighted by Gasteiger charge is 2.00. The number of nitrogens with one attached hydrogen (secondary N) is 1. The molecular weight excluding hydrogens is 349 g/mol. The number of benzene rings is 2. The van der Waals surface area contributed by atoms with Crippen molar-refractivity contribution in [1.29, 1.82) is 0 Å². The third kappa shape index (κ3) is 4.51. The van der Waals surface area contributed by atoms with Gasteiger partial charge in [-0.3, -0.25) is 0 Å². The molecule has 100 valence electrons. The molecule has 3 heteroatoms. The molecule has 19 heavy (non-hydrogen) atoms. The molecule has 0 heterocycles. The van der Waals surface area contributed by atoms with Crippen molar-refractivity contribution in [2.45, 2.75) is 13.0 Å². The summed E-state index contributed by atoms with van der Waals surface area (Å²) < 4.78 is 6.62. The first-order valence-corrected chi connectivity index (χ1v) is 7.44. The van der Waals surface area contributed by atoms with E-state index in [1.165, 1.54) is 14.7 Å². The number of ether oxygens (including phenoxy) is 1. The monoisotopic (exact) mass is 367 g/mol. The SMILES string of the molecule is COc1ccccc1CCNCc1ccc(I)cc1. The Balaban J connectivity index is 1.79. The molecule has 1 N–H and O–H groups in total. The number of hydrogen-bond donors (Lipinski definition) is 1. The van der Waals surface area contributed by atoms with Gasteiger partial charge >= 0.3 is 0 Å². The fraction of sp³-hybridized carbons (Fsp3) is 0.250. The molecule has 0 fully saturated rings. The predicted octanol–water partition coefficient (Wildman–Crippen LogP) is 3.63. The molecule has 2 rings (SSSR count). The van der Waals surface area contributed by atoms with E-state index in [2.05, 4.69) is 64.3 Å². The van der Waals surface area contributed by atoms with Crippen LogP contribution in [0.3, 0.4) is 0 Å². The van der Waals surface area contributed by atoms with Crippen LogP contribution >= 0.6 is 22.6 Å². The van der Waals surface area contributed by atoms with E-state index in [0.29, 0.717) is 0 Å². The standard InChI is InChI=1S/C16H18INO/c1-19-16-5-3-2-4-14(16)10-11-18-12-13-6-8-15(17)9-7-13/h2-9,18H,10-12H2,1H3. The van der Waals surface area contributed by atoms with Crippen LogP contribution in [0.1, 0.15) is 11.1 Å². The van der Waals surface area contributed by atoms with Crippen LogP contribution in [0.5, 0.6) is 5.75 Å². The number of rotatable bonds is 6. The molecule has 0 aromatic heterocycles. The van der Waals surface area contributed by atoms with E-state index in [9.17, 15) is 0 Å². The van der Waals surface area contributed by atoms with Crippen LogP contribution in [0, 0.1) is 3.57 Å². The molecule has 2 aromatic rings. The van der Waals surface area contributed by atoms with E-state index in [1.807, 2.05) is 12.1 Å². The predicted molar refractivity (Wildman–Crippen MR) is 87.6 cm³/mol. The molecule has 0 spiro atoms. The molecule has 0 atom stereocenters. The second-order valence-electron chi connectivity index (χ2n) is 4.37. The highest BCUT2D eigenvalue weighted by molar-refractivity contribution is 14.1. The summed E-state index contributed by atoms with van der Waals surface area (Å²) in [5.74, 6) is 0.971. The van der Waals surface area contributed by atoms with Gasteiger partial charge in [-0.25, -0.2) is 0 Å². The minimum absolute atomic E-state index is 0.909. The van der Waals surface area contributed by atoms with Crippen LogP contribution in [-0.2, 0) is 13.0 Å². The maximum absolute atomic E-state index is 5.35. The Morgan fingerprint density at radius 2 is 1.79 bits per heavy atom. The van der Waals surface area contributed by atoms with Gasteiger partial charge in [0.1, 0.15) is 5.75 Å². The van der Waals surface area contributed by atoms with E-state index >= 15 is 0 Å². The first-order valence-electron chi connectivity index (χ1n) is 6.36. The number of halogens is 1. The molecule has 2 aromatic carbocycles. The van der Waals surface area contributed by atoms with Gasteiger partial charge in [-0.05, 0) is 64.9 Å². The molecule has 0 saturated heterocycles. The van der Waals surface area contributed by atoms with Gasteiger partial charge in [-0.1, -0.05) is 30.3 Å². The van der Waals surface area contributed by atoms with Crippen LogP contribution in [0.4, 0.5) is 0 Å². The van der Waals surface area contributed by atoms with Crippen molar-refractivity contribution in [3.05, 3.63) is 63.2 Å². The third-order valence-corrected chi connectivity index (χ3v) is 3.73. The zero-order valence-electron chi connectivity index (χ0n) is 11.0. The molecule has 2 nitrogen and oxygen atoms in total. The summed E-state index contributed by atoms with van der Waals surface area (Å²) in [6.45, 7) is 1.86. The first-order chi connectivity index (χ1) is 9.29.